The van der Waals surface area contributed by atoms with Crippen LogP contribution in [0.3, 0.4) is 0 Å². The fourth-order valence-electron chi connectivity index (χ4n) is 3.31. The van der Waals surface area contributed by atoms with Crippen LogP contribution in [0.25, 0.3) is 0 Å². The van der Waals surface area contributed by atoms with Gasteiger partial charge in [-0.2, -0.15) is 0 Å². The van der Waals surface area contributed by atoms with Crippen molar-refractivity contribution in [3.8, 4) is 11.5 Å². The number of benzene rings is 1. The number of amides is 1. The highest BCUT2D eigenvalue weighted by atomic mass is 16.7. The van der Waals surface area contributed by atoms with Crippen LogP contribution in [0.15, 0.2) is 42.6 Å². The van der Waals surface area contributed by atoms with Gasteiger partial charge in [0, 0.05) is 30.8 Å². The summed E-state index contributed by atoms with van der Waals surface area (Å²) in [5.74, 6) is 0.949. The van der Waals surface area contributed by atoms with Gasteiger partial charge in [0.25, 0.3) is 5.91 Å². The number of hydrogen-bond acceptors (Lipinski definition) is 5. The Morgan fingerprint density at radius 1 is 1.12 bits per heavy atom. The number of carbonyl (C=O) groups is 2. The van der Waals surface area contributed by atoms with Crippen LogP contribution in [0.4, 0.5) is 0 Å². The number of carbonyl (C=O) groups excluding carboxylic acids is 2. The van der Waals surface area contributed by atoms with Crippen molar-refractivity contribution in [2.75, 3.05) is 19.9 Å². The largest absolute Gasteiger partial charge is 0.454 e. The maximum absolute atomic E-state index is 12.8. The van der Waals surface area contributed by atoms with Gasteiger partial charge in [-0.3, -0.25) is 14.6 Å². The van der Waals surface area contributed by atoms with Crippen molar-refractivity contribution in [2.45, 2.75) is 12.8 Å². The first-order valence-corrected chi connectivity index (χ1v) is 8.36. The fraction of sp³-hybridized carbons (Fsp3) is 0.316. The third kappa shape index (κ3) is 3.07. The normalized spacial score (nSPS) is 18.9. The Morgan fingerprint density at radius 2 is 2.00 bits per heavy atom. The Morgan fingerprint density at radius 3 is 2.84 bits per heavy atom. The lowest BCUT2D eigenvalue weighted by Crippen LogP contribution is -2.42. The Balaban J connectivity index is 1.49. The minimum absolute atomic E-state index is 0.00351. The molecule has 0 spiro atoms. The van der Waals surface area contributed by atoms with E-state index in [-0.39, 0.29) is 24.4 Å². The van der Waals surface area contributed by atoms with Gasteiger partial charge in [0.15, 0.2) is 17.3 Å². The summed E-state index contributed by atoms with van der Waals surface area (Å²) in [6.45, 7) is 1.25. The predicted molar refractivity (Wildman–Crippen MR) is 89.8 cm³/mol. The van der Waals surface area contributed by atoms with Gasteiger partial charge < -0.3 is 14.4 Å². The zero-order chi connectivity index (χ0) is 17.2. The Hall–Kier alpha value is -2.89. The van der Waals surface area contributed by atoms with Crippen LogP contribution >= 0.6 is 0 Å². The molecule has 2 aliphatic heterocycles. The quantitative estimate of drug-likeness (QED) is 0.805. The number of rotatable bonds is 3. The Kier molecular flexibility index (Phi) is 4.09. The molecule has 6 nitrogen and oxygen atoms in total. The fourth-order valence-corrected chi connectivity index (χ4v) is 3.31. The number of pyridine rings is 1. The van der Waals surface area contributed by atoms with Gasteiger partial charge in [0.05, 0.1) is 0 Å². The zero-order valence-corrected chi connectivity index (χ0v) is 13.7. The van der Waals surface area contributed by atoms with Crippen LogP contribution in [-0.4, -0.2) is 41.5 Å². The van der Waals surface area contributed by atoms with Crippen LogP contribution in [0.1, 0.15) is 33.7 Å². The topological polar surface area (TPSA) is 68.7 Å². The molecule has 3 heterocycles. The number of likely N-dealkylation sites (tertiary alicyclic amines) is 1. The van der Waals surface area contributed by atoms with E-state index in [2.05, 4.69) is 4.98 Å². The van der Waals surface area contributed by atoms with E-state index in [1.807, 2.05) is 0 Å². The molecule has 0 bridgehead atoms. The Bertz CT molecular complexity index is 806. The Labute approximate surface area is 145 Å². The minimum atomic E-state index is -0.207. The first-order valence-electron chi connectivity index (χ1n) is 8.36. The monoisotopic (exact) mass is 338 g/mol. The number of Topliss-reactive ketones (excluding diaryl/α,β-unsaturated/α-hetero) is 1. The summed E-state index contributed by atoms with van der Waals surface area (Å²) in [6, 6.07) is 10.5. The summed E-state index contributed by atoms with van der Waals surface area (Å²) < 4.78 is 10.6. The summed E-state index contributed by atoms with van der Waals surface area (Å²) in [7, 11) is 0. The van der Waals surface area contributed by atoms with Crippen molar-refractivity contribution in [2.24, 2.45) is 5.92 Å². The lowest BCUT2D eigenvalue weighted by atomic mass is 9.91. The van der Waals surface area contributed by atoms with Crippen LogP contribution in [0.5, 0.6) is 11.5 Å². The summed E-state index contributed by atoms with van der Waals surface area (Å²) in [6.07, 6.45) is 3.20. The lowest BCUT2D eigenvalue weighted by molar-refractivity contribution is 0.0635. The molecule has 0 saturated carbocycles. The number of ether oxygens (including phenoxy) is 2. The second-order valence-electron chi connectivity index (χ2n) is 6.24. The molecule has 0 unspecified atom stereocenters. The third-order valence-electron chi connectivity index (χ3n) is 4.62. The molecule has 4 rings (SSSR count). The molecule has 2 aliphatic rings. The third-order valence-corrected chi connectivity index (χ3v) is 4.62. The van der Waals surface area contributed by atoms with Gasteiger partial charge in [-0.1, -0.05) is 6.07 Å². The highest BCUT2D eigenvalue weighted by Gasteiger charge is 2.30. The van der Waals surface area contributed by atoms with Crippen LogP contribution in [0.2, 0.25) is 0 Å². The molecule has 0 N–H and O–H groups in total. The lowest BCUT2D eigenvalue weighted by Gasteiger charge is -2.32. The zero-order valence-electron chi connectivity index (χ0n) is 13.7. The standard InChI is InChI=1S/C19H18N2O4/c22-18(15-5-1-2-8-20-15)14-4-3-9-21(11-14)19(23)13-6-7-16-17(10-13)25-12-24-16/h1-2,5-8,10,14H,3-4,9,11-12H2/t14-/m1/s1. The predicted octanol–water partition coefficient (Wildman–Crippen LogP) is 2.55. The van der Waals surface area contributed by atoms with Gasteiger partial charge in [-0.25, -0.2) is 0 Å². The van der Waals surface area contributed by atoms with E-state index < -0.39 is 0 Å². The van der Waals surface area contributed by atoms with E-state index in [1.54, 1.807) is 47.5 Å². The van der Waals surface area contributed by atoms with Crippen LogP contribution < -0.4 is 9.47 Å². The number of nitrogens with zero attached hydrogens (tertiary/aromatic N) is 2. The highest BCUT2D eigenvalue weighted by molar-refractivity contribution is 5.98. The summed E-state index contributed by atoms with van der Waals surface area (Å²) in [4.78, 5) is 31.3. The van der Waals surface area contributed by atoms with Gasteiger partial charge >= 0.3 is 0 Å². The van der Waals surface area contributed by atoms with Crippen LogP contribution in [-0.2, 0) is 0 Å². The van der Waals surface area contributed by atoms with E-state index in [9.17, 15) is 9.59 Å². The van der Waals surface area contributed by atoms with E-state index in [1.165, 1.54) is 0 Å². The molecule has 1 atom stereocenters. The molecule has 1 aromatic heterocycles. The second kappa shape index (κ2) is 6.55. The maximum Gasteiger partial charge on any atom is 0.254 e. The second-order valence-corrected chi connectivity index (χ2v) is 6.24. The summed E-state index contributed by atoms with van der Waals surface area (Å²) in [5, 5.41) is 0. The van der Waals surface area contributed by atoms with E-state index >= 15 is 0 Å². The molecular weight excluding hydrogens is 320 g/mol. The molecule has 128 valence electrons. The van der Waals surface area contributed by atoms with Gasteiger partial charge in [-0.15, -0.1) is 0 Å². The molecule has 0 radical (unpaired) electrons. The van der Waals surface area contributed by atoms with Crippen molar-refractivity contribution in [1.82, 2.24) is 9.88 Å². The van der Waals surface area contributed by atoms with Crippen molar-refractivity contribution in [1.29, 1.82) is 0 Å². The van der Waals surface area contributed by atoms with E-state index in [0.717, 1.165) is 12.8 Å². The number of ketones is 1. The van der Waals surface area contributed by atoms with Gasteiger partial charge in [0.2, 0.25) is 6.79 Å². The first kappa shape index (κ1) is 15.6. The molecule has 25 heavy (non-hydrogen) atoms. The van der Waals surface area contributed by atoms with Gasteiger partial charge in [-0.05, 0) is 43.2 Å². The molecule has 0 aliphatic carbocycles. The van der Waals surface area contributed by atoms with Crippen LogP contribution in [0, 0.1) is 5.92 Å². The minimum Gasteiger partial charge on any atom is -0.454 e. The van der Waals surface area contributed by atoms with Crippen molar-refractivity contribution in [3.05, 3.63) is 53.9 Å². The van der Waals surface area contributed by atoms with Crippen molar-refractivity contribution < 1.29 is 19.1 Å². The summed E-state index contributed by atoms with van der Waals surface area (Å²) in [5.41, 5.74) is 1.01. The average molecular weight is 338 g/mol. The SMILES string of the molecule is O=C(c1ccccn1)[C@@H]1CCCN(C(=O)c2ccc3c(c2)OCO3)C1. The highest BCUT2D eigenvalue weighted by Crippen LogP contribution is 2.33. The molecule has 1 saturated heterocycles. The molecule has 1 fully saturated rings. The molecular formula is C19H18N2O4. The maximum atomic E-state index is 12.8. The number of hydrogen-bond donors (Lipinski definition) is 0. The van der Waals surface area contributed by atoms with Crippen molar-refractivity contribution >= 4 is 11.7 Å². The number of piperidine rings is 1. The number of fused-ring (bicyclic) bond motifs is 1. The van der Waals surface area contributed by atoms with Crippen molar-refractivity contribution in [3.63, 3.8) is 0 Å². The molecule has 2 aromatic rings. The first-order chi connectivity index (χ1) is 12.2. The molecule has 1 aromatic carbocycles. The van der Waals surface area contributed by atoms with E-state index in [0.29, 0.717) is 35.8 Å². The smallest absolute Gasteiger partial charge is 0.254 e. The number of aromatic nitrogens is 1. The molecule has 6 heteroatoms. The van der Waals surface area contributed by atoms with E-state index in [4.69, 9.17) is 9.47 Å². The molecule has 1 amide bonds. The van der Waals surface area contributed by atoms with Gasteiger partial charge in [0.1, 0.15) is 5.69 Å². The summed E-state index contributed by atoms with van der Waals surface area (Å²) >= 11 is 0. The average Bonchev–Trinajstić information content (AvgIpc) is 3.15.